The standard InChI is InChI=1S/C23H24N2O3S.C9H11N/c1-3-16(2)19-8-4-6-10-21(19)25-23(26)18-14-12-17(13-15-18)20-9-5-7-11-22(20)29(24,27)28;1-7-4-3-5-9(6-7)8(2)10/h4-16H,3H2,1-2H3,(H,25,26)(H2,24,27,28);3-6H,2,10H2,1H3. The Balaban J connectivity index is 0.000000353. The molecule has 0 fully saturated rings. The fourth-order valence-corrected chi connectivity index (χ4v) is 4.81. The highest BCUT2D eigenvalue weighted by Crippen LogP contribution is 2.28. The van der Waals surface area contributed by atoms with E-state index in [1.165, 1.54) is 11.6 Å². The predicted molar refractivity (Wildman–Crippen MR) is 161 cm³/mol. The maximum Gasteiger partial charge on any atom is 0.255 e. The number of primary sulfonamides is 1. The topological polar surface area (TPSA) is 115 Å². The van der Waals surface area contributed by atoms with Gasteiger partial charge in [0.1, 0.15) is 0 Å². The number of hydrogen-bond acceptors (Lipinski definition) is 4. The number of amides is 1. The lowest BCUT2D eigenvalue weighted by atomic mass is 9.96. The van der Waals surface area contributed by atoms with Gasteiger partial charge in [-0.25, -0.2) is 13.6 Å². The van der Waals surface area contributed by atoms with Crippen molar-refractivity contribution in [2.24, 2.45) is 10.9 Å². The normalized spacial score (nSPS) is 11.6. The summed E-state index contributed by atoms with van der Waals surface area (Å²) in [5, 5.41) is 8.30. The van der Waals surface area contributed by atoms with E-state index in [0.717, 1.165) is 23.2 Å². The molecular weight excluding hydrogens is 506 g/mol. The Bertz CT molecular complexity index is 1560. The van der Waals surface area contributed by atoms with E-state index in [0.29, 0.717) is 28.3 Å². The van der Waals surface area contributed by atoms with Gasteiger partial charge in [0.2, 0.25) is 10.0 Å². The number of carbonyl (C=O) groups is 1. The van der Waals surface area contributed by atoms with E-state index in [1.54, 1.807) is 42.5 Å². The Morgan fingerprint density at radius 3 is 2.13 bits per heavy atom. The molecule has 0 aliphatic heterocycles. The molecule has 4 aromatic rings. The number of carbonyl (C=O) groups excluding carboxylic acids is 1. The van der Waals surface area contributed by atoms with Gasteiger partial charge < -0.3 is 11.1 Å². The van der Waals surface area contributed by atoms with Crippen molar-refractivity contribution >= 4 is 27.3 Å². The number of rotatable bonds is 7. The molecular formula is C32H35N3O3S. The van der Waals surface area contributed by atoms with Crippen molar-refractivity contribution in [2.45, 2.75) is 38.0 Å². The first-order valence-electron chi connectivity index (χ1n) is 12.6. The minimum absolute atomic E-state index is 0.0553. The monoisotopic (exact) mass is 541 g/mol. The average Bonchev–Trinajstić information content (AvgIpc) is 2.93. The fraction of sp³-hybridized carbons (Fsp3) is 0.156. The number of aryl methyl sites for hydroxylation is 1. The molecule has 1 unspecified atom stereocenters. The van der Waals surface area contributed by atoms with Crippen LogP contribution in [0.15, 0.2) is 109 Å². The van der Waals surface area contributed by atoms with Crippen LogP contribution < -0.4 is 16.2 Å². The summed E-state index contributed by atoms with van der Waals surface area (Å²) in [7, 11) is -3.84. The highest BCUT2D eigenvalue weighted by molar-refractivity contribution is 7.89. The van der Waals surface area contributed by atoms with Crippen molar-refractivity contribution in [3.05, 3.63) is 126 Å². The van der Waals surface area contributed by atoms with Crippen LogP contribution >= 0.6 is 0 Å². The van der Waals surface area contributed by atoms with Gasteiger partial charge in [0.05, 0.1) is 4.90 Å². The van der Waals surface area contributed by atoms with E-state index in [4.69, 9.17) is 10.9 Å². The van der Waals surface area contributed by atoms with Crippen LogP contribution in [0.25, 0.3) is 16.8 Å². The third-order valence-electron chi connectivity index (χ3n) is 6.39. The second-order valence-corrected chi connectivity index (χ2v) is 10.9. The molecule has 0 radical (unpaired) electrons. The van der Waals surface area contributed by atoms with E-state index in [2.05, 4.69) is 25.7 Å². The zero-order chi connectivity index (χ0) is 28.6. The zero-order valence-electron chi connectivity index (χ0n) is 22.5. The Hall–Kier alpha value is -4.20. The molecule has 0 aliphatic carbocycles. The van der Waals surface area contributed by atoms with Gasteiger partial charge in [-0.1, -0.05) is 92.7 Å². The molecule has 0 aromatic heterocycles. The van der Waals surface area contributed by atoms with Gasteiger partial charge in [-0.2, -0.15) is 0 Å². The Morgan fingerprint density at radius 2 is 1.54 bits per heavy atom. The van der Waals surface area contributed by atoms with E-state index >= 15 is 0 Å². The summed E-state index contributed by atoms with van der Waals surface area (Å²) < 4.78 is 23.7. The first-order chi connectivity index (χ1) is 18.5. The molecule has 0 bridgehead atoms. The van der Waals surface area contributed by atoms with Gasteiger partial charge in [-0.05, 0) is 66.3 Å². The molecule has 1 atom stereocenters. The molecule has 4 aromatic carbocycles. The van der Waals surface area contributed by atoms with Crippen LogP contribution in [0.1, 0.15) is 53.2 Å². The van der Waals surface area contributed by atoms with Crippen molar-refractivity contribution in [3.8, 4) is 11.1 Å². The number of benzene rings is 4. The maximum atomic E-state index is 12.7. The molecule has 0 aliphatic rings. The van der Waals surface area contributed by atoms with Crippen molar-refractivity contribution in [1.82, 2.24) is 0 Å². The summed E-state index contributed by atoms with van der Waals surface area (Å²) in [6.07, 6.45) is 0.977. The molecule has 0 saturated carbocycles. The second kappa shape index (κ2) is 13.0. The van der Waals surface area contributed by atoms with Gasteiger partial charge >= 0.3 is 0 Å². The molecule has 0 spiro atoms. The minimum Gasteiger partial charge on any atom is -0.399 e. The summed E-state index contributed by atoms with van der Waals surface area (Å²) >= 11 is 0. The van der Waals surface area contributed by atoms with Crippen LogP contribution in [0.3, 0.4) is 0 Å². The van der Waals surface area contributed by atoms with Gasteiger partial charge in [-0.15, -0.1) is 0 Å². The largest absolute Gasteiger partial charge is 0.399 e. The van der Waals surface area contributed by atoms with Crippen molar-refractivity contribution < 1.29 is 13.2 Å². The molecule has 39 heavy (non-hydrogen) atoms. The number of anilines is 1. The Morgan fingerprint density at radius 1 is 0.897 bits per heavy atom. The lowest BCUT2D eigenvalue weighted by molar-refractivity contribution is 0.102. The first-order valence-corrected chi connectivity index (χ1v) is 14.2. The average molecular weight is 542 g/mol. The van der Waals surface area contributed by atoms with Crippen LogP contribution in [0, 0.1) is 6.92 Å². The molecule has 1 amide bonds. The van der Waals surface area contributed by atoms with Crippen molar-refractivity contribution in [1.29, 1.82) is 0 Å². The van der Waals surface area contributed by atoms with Gasteiger partial charge in [-0.3, -0.25) is 4.79 Å². The third-order valence-corrected chi connectivity index (χ3v) is 7.36. The first kappa shape index (κ1) is 29.4. The van der Waals surface area contributed by atoms with Crippen LogP contribution in [0.4, 0.5) is 5.69 Å². The van der Waals surface area contributed by atoms with Gasteiger partial charge in [0.25, 0.3) is 5.91 Å². The second-order valence-electron chi connectivity index (χ2n) is 9.36. The molecule has 202 valence electrons. The number of para-hydroxylation sites is 1. The molecule has 0 saturated heterocycles. The number of nitrogens with one attached hydrogen (secondary N) is 1. The summed E-state index contributed by atoms with van der Waals surface area (Å²) in [5.41, 5.74) is 11.9. The van der Waals surface area contributed by atoms with Gasteiger partial charge in [0, 0.05) is 22.5 Å². The predicted octanol–water partition coefficient (Wildman–Crippen LogP) is 6.69. The van der Waals surface area contributed by atoms with E-state index in [1.807, 2.05) is 55.5 Å². The van der Waals surface area contributed by atoms with E-state index < -0.39 is 10.0 Å². The SMILES string of the molecule is C=C(N)c1cccc(C)c1.CCC(C)c1ccccc1NC(=O)c1ccc(-c2ccccc2S(N)(=O)=O)cc1. The zero-order valence-corrected chi connectivity index (χ0v) is 23.3. The molecule has 5 N–H and O–H groups in total. The van der Waals surface area contributed by atoms with Crippen LogP contribution in [0.2, 0.25) is 0 Å². The van der Waals surface area contributed by atoms with Gasteiger partial charge in [0.15, 0.2) is 0 Å². The lowest BCUT2D eigenvalue weighted by Crippen LogP contribution is -2.14. The molecule has 4 rings (SSSR count). The fourth-order valence-electron chi connectivity index (χ4n) is 4.05. The maximum absolute atomic E-state index is 12.7. The summed E-state index contributed by atoms with van der Waals surface area (Å²) in [4.78, 5) is 12.8. The van der Waals surface area contributed by atoms with E-state index in [9.17, 15) is 13.2 Å². The van der Waals surface area contributed by atoms with Crippen LogP contribution in [-0.4, -0.2) is 14.3 Å². The molecule has 6 nitrogen and oxygen atoms in total. The third kappa shape index (κ3) is 7.89. The Kier molecular flexibility index (Phi) is 9.82. The smallest absolute Gasteiger partial charge is 0.255 e. The quantitative estimate of drug-likeness (QED) is 0.242. The minimum atomic E-state index is -3.84. The molecule has 7 heteroatoms. The van der Waals surface area contributed by atoms with E-state index in [-0.39, 0.29) is 10.8 Å². The highest BCUT2D eigenvalue weighted by Gasteiger charge is 2.16. The molecule has 0 heterocycles. The van der Waals surface area contributed by atoms with Crippen molar-refractivity contribution in [2.75, 3.05) is 5.32 Å². The summed E-state index contributed by atoms with van der Waals surface area (Å²) in [6.45, 7) is 9.92. The van der Waals surface area contributed by atoms with Crippen molar-refractivity contribution in [3.63, 3.8) is 0 Å². The Labute approximate surface area is 231 Å². The van der Waals surface area contributed by atoms with Crippen LogP contribution in [0.5, 0.6) is 0 Å². The summed E-state index contributed by atoms with van der Waals surface area (Å²) in [5.74, 6) is 0.121. The number of hydrogen-bond donors (Lipinski definition) is 3. The highest BCUT2D eigenvalue weighted by atomic mass is 32.2. The lowest BCUT2D eigenvalue weighted by Gasteiger charge is -2.16. The summed E-state index contributed by atoms with van der Waals surface area (Å²) in [6, 6.07) is 29.1. The van der Waals surface area contributed by atoms with Crippen LogP contribution in [-0.2, 0) is 10.0 Å². The number of nitrogens with two attached hydrogens (primary N) is 2. The number of sulfonamides is 1.